The van der Waals surface area contributed by atoms with Gasteiger partial charge in [-0.15, -0.1) is 0 Å². The summed E-state index contributed by atoms with van der Waals surface area (Å²) >= 11 is 0. The van der Waals surface area contributed by atoms with Crippen molar-refractivity contribution in [2.24, 2.45) is 0 Å². The van der Waals surface area contributed by atoms with Crippen LogP contribution in [0.3, 0.4) is 0 Å². The molecule has 1 aromatic carbocycles. The Bertz CT molecular complexity index is 757. The summed E-state index contributed by atoms with van der Waals surface area (Å²) in [6.45, 7) is 4.21. The van der Waals surface area contributed by atoms with Crippen molar-refractivity contribution in [3.05, 3.63) is 29.8 Å². The number of imide groups is 1. The average molecular weight is 370 g/mol. The molecule has 144 valence electrons. The zero-order chi connectivity index (χ0) is 19.0. The number of fused-ring (bicyclic) bond motifs is 2. The van der Waals surface area contributed by atoms with Gasteiger partial charge in [0.2, 0.25) is 5.91 Å². The first-order valence-corrected chi connectivity index (χ1v) is 9.74. The molecule has 0 aliphatic carbocycles. The zero-order valence-electron chi connectivity index (χ0n) is 15.8. The molecule has 0 aromatic heterocycles. The van der Waals surface area contributed by atoms with Crippen LogP contribution in [0.25, 0.3) is 0 Å². The number of benzene rings is 1. The summed E-state index contributed by atoms with van der Waals surface area (Å²) in [7, 11) is 2.07. The minimum absolute atomic E-state index is 0.140. The van der Waals surface area contributed by atoms with Crippen molar-refractivity contribution in [1.29, 1.82) is 0 Å². The molecule has 0 spiro atoms. The molecule has 7 nitrogen and oxygen atoms in total. The van der Waals surface area contributed by atoms with Crippen LogP contribution in [0, 0.1) is 0 Å². The first-order chi connectivity index (χ1) is 13.1. The lowest BCUT2D eigenvalue weighted by Crippen LogP contribution is -2.54. The Balaban J connectivity index is 1.65. The van der Waals surface area contributed by atoms with E-state index in [1.807, 2.05) is 0 Å². The number of piperidine rings is 1. The van der Waals surface area contributed by atoms with Gasteiger partial charge in [-0.1, -0.05) is 12.1 Å². The molecule has 1 atom stereocenters. The molecule has 3 heterocycles. The van der Waals surface area contributed by atoms with Crippen molar-refractivity contribution in [3.8, 4) is 0 Å². The molecule has 2 saturated heterocycles. The van der Waals surface area contributed by atoms with Gasteiger partial charge in [-0.25, -0.2) is 4.90 Å². The summed E-state index contributed by atoms with van der Waals surface area (Å²) in [5.74, 6) is -0.636. The third-order valence-corrected chi connectivity index (χ3v) is 5.85. The summed E-state index contributed by atoms with van der Waals surface area (Å²) < 4.78 is 0. The fourth-order valence-electron chi connectivity index (χ4n) is 4.23. The Hall–Kier alpha value is -2.25. The second-order valence-corrected chi connectivity index (χ2v) is 7.67. The third kappa shape index (κ3) is 3.37. The number of rotatable bonds is 2. The smallest absolute Gasteiger partial charge is 0.256 e. The van der Waals surface area contributed by atoms with Gasteiger partial charge in [-0.2, -0.15) is 0 Å². The molecule has 0 N–H and O–H groups in total. The number of para-hydroxylation sites is 1. The van der Waals surface area contributed by atoms with E-state index in [0.717, 1.165) is 39.0 Å². The van der Waals surface area contributed by atoms with Crippen LogP contribution >= 0.6 is 0 Å². The maximum Gasteiger partial charge on any atom is 0.256 e. The second-order valence-electron chi connectivity index (χ2n) is 7.67. The minimum atomic E-state index is -0.532. The number of hydrogen-bond acceptors (Lipinski definition) is 5. The number of hydrogen-bond donors (Lipinski definition) is 0. The van der Waals surface area contributed by atoms with Crippen molar-refractivity contribution in [2.45, 2.75) is 25.3 Å². The Morgan fingerprint density at radius 3 is 2.56 bits per heavy atom. The van der Waals surface area contributed by atoms with E-state index in [9.17, 15) is 14.4 Å². The molecular weight excluding hydrogens is 344 g/mol. The number of carbonyl (C=O) groups excluding carboxylic acids is 3. The molecule has 2 fully saturated rings. The highest BCUT2D eigenvalue weighted by atomic mass is 16.2. The van der Waals surface area contributed by atoms with Crippen LogP contribution in [0.1, 0.15) is 29.6 Å². The van der Waals surface area contributed by atoms with E-state index in [1.54, 1.807) is 29.2 Å². The van der Waals surface area contributed by atoms with Crippen molar-refractivity contribution in [2.75, 3.05) is 51.2 Å². The van der Waals surface area contributed by atoms with Crippen LogP contribution in [0.15, 0.2) is 24.3 Å². The predicted molar refractivity (Wildman–Crippen MR) is 102 cm³/mol. The standard InChI is InChI=1S/C20H26N4O3/c1-21-10-12-22(13-11-21)14-18(25)24-16-7-3-2-6-15(16)19(26)23-9-5-4-8-17(23)20(24)27/h2-3,6-7,17H,4-5,8-14H2,1H3/t17-/m0/s1. The summed E-state index contributed by atoms with van der Waals surface area (Å²) in [5, 5.41) is 0. The molecule has 1 aromatic rings. The number of amides is 3. The fraction of sp³-hybridized carbons (Fsp3) is 0.550. The van der Waals surface area contributed by atoms with Crippen molar-refractivity contribution in [3.63, 3.8) is 0 Å². The van der Waals surface area contributed by atoms with Gasteiger partial charge in [-0.3, -0.25) is 19.3 Å². The van der Waals surface area contributed by atoms with E-state index in [4.69, 9.17) is 0 Å². The van der Waals surface area contributed by atoms with Gasteiger partial charge in [0.25, 0.3) is 11.8 Å². The zero-order valence-corrected chi connectivity index (χ0v) is 15.8. The first kappa shape index (κ1) is 18.1. The molecular formula is C20H26N4O3. The number of carbonyl (C=O) groups is 3. The maximum atomic E-state index is 13.3. The molecule has 3 aliphatic rings. The lowest BCUT2D eigenvalue weighted by atomic mass is 10.0. The monoisotopic (exact) mass is 370 g/mol. The summed E-state index contributed by atoms with van der Waals surface area (Å²) in [5.41, 5.74) is 0.878. The van der Waals surface area contributed by atoms with Crippen molar-refractivity contribution in [1.82, 2.24) is 14.7 Å². The van der Waals surface area contributed by atoms with Crippen molar-refractivity contribution >= 4 is 23.4 Å². The average Bonchev–Trinajstić information content (AvgIpc) is 2.78. The Morgan fingerprint density at radius 2 is 1.78 bits per heavy atom. The van der Waals surface area contributed by atoms with Gasteiger partial charge in [-0.05, 0) is 38.4 Å². The van der Waals surface area contributed by atoms with Gasteiger partial charge in [0.1, 0.15) is 6.04 Å². The highest BCUT2D eigenvalue weighted by Gasteiger charge is 2.42. The van der Waals surface area contributed by atoms with E-state index in [0.29, 0.717) is 24.2 Å². The normalized spacial score (nSPS) is 24.4. The first-order valence-electron chi connectivity index (χ1n) is 9.74. The Kier molecular flexibility index (Phi) is 4.97. The van der Waals surface area contributed by atoms with Gasteiger partial charge in [0.05, 0.1) is 17.8 Å². The molecule has 7 heteroatoms. The predicted octanol–water partition coefficient (Wildman–Crippen LogP) is 0.802. The maximum absolute atomic E-state index is 13.3. The SMILES string of the molecule is CN1CCN(CC(=O)N2C(=O)[C@@H]3CCCCN3C(=O)c3ccccc32)CC1. The van der Waals surface area contributed by atoms with Crippen molar-refractivity contribution < 1.29 is 14.4 Å². The number of likely N-dealkylation sites (N-methyl/N-ethyl adjacent to an activating group) is 1. The summed E-state index contributed by atoms with van der Waals surface area (Å²) in [6.07, 6.45) is 2.42. The topological polar surface area (TPSA) is 64.2 Å². The van der Waals surface area contributed by atoms with E-state index in [1.165, 1.54) is 4.90 Å². The van der Waals surface area contributed by atoms with Crippen LogP contribution in [-0.4, -0.2) is 84.8 Å². The Morgan fingerprint density at radius 1 is 1.04 bits per heavy atom. The lowest BCUT2D eigenvalue weighted by molar-refractivity contribution is -0.130. The van der Waals surface area contributed by atoms with Crippen LogP contribution in [0.2, 0.25) is 0 Å². The molecule has 3 amide bonds. The molecule has 0 unspecified atom stereocenters. The van der Waals surface area contributed by atoms with Crippen LogP contribution < -0.4 is 4.90 Å². The molecule has 4 rings (SSSR count). The van der Waals surface area contributed by atoms with E-state index in [-0.39, 0.29) is 24.3 Å². The highest BCUT2D eigenvalue weighted by Crippen LogP contribution is 2.32. The van der Waals surface area contributed by atoms with Gasteiger partial charge in [0, 0.05) is 32.7 Å². The van der Waals surface area contributed by atoms with Gasteiger partial charge < -0.3 is 9.80 Å². The van der Waals surface area contributed by atoms with E-state index in [2.05, 4.69) is 16.8 Å². The van der Waals surface area contributed by atoms with Gasteiger partial charge in [0.15, 0.2) is 0 Å². The van der Waals surface area contributed by atoms with E-state index < -0.39 is 6.04 Å². The number of piperazine rings is 1. The van der Waals surface area contributed by atoms with E-state index >= 15 is 0 Å². The quantitative estimate of drug-likeness (QED) is 0.771. The molecule has 0 bridgehead atoms. The Labute approximate surface area is 159 Å². The largest absolute Gasteiger partial charge is 0.327 e. The molecule has 0 radical (unpaired) electrons. The molecule has 27 heavy (non-hydrogen) atoms. The van der Waals surface area contributed by atoms with Crippen LogP contribution in [0.4, 0.5) is 5.69 Å². The summed E-state index contributed by atoms with van der Waals surface area (Å²) in [4.78, 5) is 46.8. The molecule has 0 saturated carbocycles. The highest BCUT2D eigenvalue weighted by molar-refractivity contribution is 6.22. The lowest BCUT2D eigenvalue weighted by Gasteiger charge is -2.35. The fourth-order valence-corrected chi connectivity index (χ4v) is 4.23. The second kappa shape index (κ2) is 7.40. The summed E-state index contributed by atoms with van der Waals surface area (Å²) in [6, 6.07) is 6.47. The third-order valence-electron chi connectivity index (χ3n) is 5.85. The van der Waals surface area contributed by atoms with Gasteiger partial charge >= 0.3 is 0 Å². The number of anilines is 1. The van der Waals surface area contributed by atoms with Crippen LogP contribution in [-0.2, 0) is 9.59 Å². The number of nitrogens with zero attached hydrogens (tertiary/aromatic N) is 4. The minimum Gasteiger partial charge on any atom is -0.327 e. The molecule has 3 aliphatic heterocycles. The van der Waals surface area contributed by atoms with Crippen LogP contribution in [0.5, 0.6) is 0 Å².